The van der Waals surface area contributed by atoms with E-state index in [9.17, 15) is 9.90 Å². The molecular formula is C28H43NO3. The fourth-order valence-corrected chi connectivity index (χ4v) is 11.2. The van der Waals surface area contributed by atoms with Gasteiger partial charge < -0.3 is 14.7 Å². The maximum Gasteiger partial charge on any atom is 0.251 e. The zero-order valence-electron chi connectivity index (χ0n) is 20.4. The molecule has 2 saturated heterocycles. The molecule has 7 aliphatic rings. The van der Waals surface area contributed by atoms with Gasteiger partial charge in [0.15, 0.2) is 0 Å². The van der Waals surface area contributed by atoms with Crippen LogP contribution in [0.2, 0.25) is 0 Å². The SMILES string of the molecule is CC1(C)C2CCC3C4CC5OC(C(=O)N6CCC6)CCC5[C@@]4(C)CC[C@]34CC24CC[C@@H]1O. The minimum atomic E-state index is -0.169. The van der Waals surface area contributed by atoms with Crippen LogP contribution >= 0.6 is 0 Å². The Morgan fingerprint density at radius 3 is 2.44 bits per heavy atom. The van der Waals surface area contributed by atoms with Crippen LogP contribution < -0.4 is 0 Å². The van der Waals surface area contributed by atoms with Crippen LogP contribution in [0.5, 0.6) is 0 Å². The van der Waals surface area contributed by atoms with Crippen molar-refractivity contribution < 1.29 is 14.6 Å². The molecule has 0 radical (unpaired) electrons. The third kappa shape index (κ3) is 2.30. The predicted molar refractivity (Wildman–Crippen MR) is 123 cm³/mol. The van der Waals surface area contributed by atoms with Crippen LogP contribution in [0.4, 0.5) is 0 Å². The quantitative estimate of drug-likeness (QED) is 0.637. The Kier molecular flexibility index (Phi) is 4.10. The van der Waals surface area contributed by atoms with E-state index in [1.54, 1.807) is 0 Å². The molecule has 2 aliphatic heterocycles. The van der Waals surface area contributed by atoms with Crippen LogP contribution in [-0.2, 0) is 9.53 Å². The van der Waals surface area contributed by atoms with E-state index < -0.39 is 0 Å². The third-order valence-electron chi connectivity index (χ3n) is 13.0. The highest BCUT2D eigenvalue weighted by atomic mass is 16.5. The van der Waals surface area contributed by atoms with Gasteiger partial charge in [-0.2, -0.15) is 0 Å². The van der Waals surface area contributed by atoms with Gasteiger partial charge in [0.2, 0.25) is 0 Å². The molecule has 5 saturated carbocycles. The van der Waals surface area contributed by atoms with Crippen molar-refractivity contribution in [2.75, 3.05) is 13.1 Å². The number of aliphatic hydroxyl groups is 1. The molecule has 2 heterocycles. The van der Waals surface area contributed by atoms with Gasteiger partial charge in [0.1, 0.15) is 6.10 Å². The largest absolute Gasteiger partial charge is 0.393 e. The fourth-order valence-electron chi connectivity index (χ4n) is 11.2. The Labute approximate surface area is 193 Å². The molecule has 2 spiro atoms. The summed E-state index contributed by atoms with van der Waals surface area (Å²) in [7, 11) is 0. The number of hydrogen-bond donors (Lipinski definition) is 1. The topological polar surface area (TPSA) is 49.8 Å². The highest BCUT2D eigenvalue weighted by Crippen LogP contribution is 2.87. The highest BCUT2D eigenvalue weighted by Gasteiger charge is 2.80. The number of fused-ring (bicyclic) bond motifs is 4. The van der Waals surface area contributed by atoms with Crippen molar-refractivity contribution in [2.45, 2.75) is 110 Å². The van der Waals surface area contributed by atoms with Crippen LogP contribution in [0.15, 0.2) is 0 Å². The lowest BCUT2D eigenvalue weighted by Crippen LogP contribution is -2.54. The van der Waals surface area contributed by atoms with Gasteiger partial charge in [0.05, 0.1) is 12.2 Å². The molecule has 4 nitrogen and oxygen atoms in total. The molecule has 7 fully saturated rings. The predicted octanol–water partition coefficient (Wildman–Crippen LogP) is 4.79. The van der Waals surface area contributed by atoms with E-state index in [-0.39, 0.29) is 23.5 Å². The summed E-state index contributed by atoms with van der Waals surface area (Å²) in [4.78, 5) is 14.9. The average Bonchev–Trinajstić information content (AvgIpc) is 3.30. The molecule has 32 heavy (non-hydrogen) atoms. The molecule has 7 rings (SSSR count). The highest BCUT2D eigenvalue weighted by molar-refractivity contribution is 5.81. The summed E-state index contributed by atoms with van der Waals surface area (Å²) >= 11 is 0. The van der Waals surface area contributed by atoms with E-state index >= 15 is 0 Å². The van der Waals surface area contributed by atoms with E-state index in [2.05, 4.69) is 20.8 Å². The normalized spacial score (nSPS) is 57.2. The second-order valence-electron chi connectivity index (χ2n) is 14.0. The lowest BCUT2D eigenvalue weighted by molar-refractivity contribution is -0.162. The zero-order valence-corrected chi connectivity index (χ0v) is 20.4. The fraction of sp³-hybridized carbons (Fsp3) is 0.964. The molecule has 0 bridgehead atoms. The Morgan fingerprint density at radius 1 is 0.906 bits per heavy atom. The van der Waals surface area contributed by atoms with Crippen LogP contribution in [-0.4, -0.2) is 47.3 Å². The number of hydrogen-bond acceptors (Lipinski definition) is 3. The van der Waals surface area contributed by atoms with Crippen molar-refractivity contribution in [2.24, 2.45) is 45.3 Å². The van der Waals surface area contributed by atoms with Crippen LogP contribution in [0, 0.1) is 45.3 Å². The van der Waals surface area contributed by atoms with Crippen molar-refractivity contribution in [3.8, 4) is 0 Å². The molecule has 10 atom stereocenters. The molecule has 7 unspecified atom stereocenters. The number of likely N-dealkylation sites (tertiary alicyclic amines) is 1. The molecule has 0 aromatic rings. The van der Waals surface area contributed by atoms with Gasteiger partial charge in [-0.25, -0.2) is 0 Å². The van der Waals surface area contributed by atoms with E-state index in [1.807, 2.05) is 4.90 Å². The first-order chi connectivity index (χ1) is 15.2. The summed E-state index contributed by atoms with van der Waals surface area (Å²) in [5.74, 6) is 3.26. The average molecular weight is 442 g/mol. The van der Waals surface area contributed by atoms with Gasteiger partial charge >= 0.3 is 0 Å². The second-order valence-corrected chi connectivity index (χ2v) is 14.0. The summed E-state index contributed by atoms with van der Waals surface area (Å²) in [6.07, 6.45) is 13.7. The lowest BCUT2D eigenvalue weighted by atomic mass is 9.46. The minimum absolute atomic E-state index is 0.0741. The van der Waals surface area contributed by atoms with Gasteiger partial charge in [-0.05, 0) is 116 Å². The van der Waals surface area contributed by atoms with E-state index in [0.717, 1.165) is 44.2 Å². The first kappa shape index (κ1) is 20.7. The summed E-state index contributed by atoms with van der Waals surface area (Å²) in [6, 6.07) is 0. The van der Waals surface area contributed by atoms with E-state index in [4.69, 9.17) is 4.74 Å². The van der Waals surface area contributed by atoms with Crippen molar-refractivity contribution in [3.63, 3.8) is 0 Å². The number of carbonyl (C=O) groups is 1. The van der Waals surface area contributed by atoms with Crippen LogP contribution in [0.1, 0.15) is 91.4 Å². The van der Waals surface area contributed by atoms with Gasteiger partial charge in [-0.15, -0.1) is 0 Å². The maximum atomic E-state index is 12.9. The maximum absolute atomic E-state index is 12.9. The van der Waals surface area contributed by atoms with Crippen molar-refractivity contribution in [1.29, 1.82) is 0 Å². The van der Waals surface area contributed by atoms with E-state index in [1.165, 1.54) is 51.4 Å². The number of amides is 1. The first-order valence-corrected chi connectivity index (χ1v) is 13.9. The smallest absolute Gasteiger partial charge is 0.251 e. The molecule has 178 valence electrons. The monoisotopic (exact) mass is 441 g/mol. The molecule has 5 aliphatic carbocycles. The minimum Gasteiger partial charge on any atom is -0.393 e. The molecule has 1 amide bonds. The summed E-state index contributed by atoms with van der Waals surface area (Å²) in [6.45, 7) is 9.19. The van der Waals surface area contributed by atoms with Gasteiger partial charge in [0.25, 0.3) is 5.91 Å². The van der Waals surface area contributed by atoms with E-state index in [0.29, 0.717) is 34.2 Å². The third-order valence-corrected chi connectivity index (χ3v) is 13.0. The molecule has 4 heteroatoms. The molecule has 0 aromatic carbocycles. The number of aliphatic hydroxyl groups excluding tert-OH is 1. The Balaban J connectivity index is 1.15. The van der Waals surface area contributed by atoms with Crippen molar-refractivity contribution >= 4 is 5.91 Å². The molecule has 0 aromatic heterocycles. The Bertz CT molecular complexity index is 837. The molecular weight excluding hydrogens is 398 g/mol. The summed E-state index contributed by atoms with van der Waals surface area (Å²) in [5, 5.41) is 10.8. The summed E-state index contributed by atoms with van der Waals surface area (Å²) < 4.78 is 6.64. The Hall–Kier alpha value is -0.610. The van der Waals surface area contributed by atoms with Gasteiger partial charge in [-0.1, -0.05) is 20.8 Å². The van der Waals surface area contributed by atoms with Crippen molar-refractivity contribution in [3.05, 3.63) is 0 Å². The number of carbonyl (C=O) groups excluding carboxylic acids is 1. The first-order valence-electron chi connectivity index (χ1n) is 13.9. The van der Waals surface area contributed by atoms with Crippen LogP contribution in [0.25, 0.3) is 0 Å². The lowest BCUT2D eigenvalue weighted by Gasteiger charge is -2.59. The zero-order chi connectivity index (χ0) is 22.1. The Morgan fingerprint density at radius 2 is 1.69 bits per heavy atom. The number of ether oxygens (including phenoxy) is 1. The summed E-state index contributed by atoms with van der Waals surface area (Å²) in [5.41, 5.74) is 1.55. The number of nitrogens with zero attached hydrogens (tertiary/aromatic N) is 1. The molecule has 1 N–H and O–H groups in total. The standard InChI is InChI=1S/C28H43NO3/c1-25(2)22-8-6-17-19-15-21-18(5-7-20(32-21)24(31)29-13-4-14-29)26(19,3)11-12-27(17)16-28(22,27)10-9-23(25)30/h17-23,30H,4-16H2,1-3H3/t17?,18?,19?,20?,21?,22?,23-,26+,27-,28?/m0/s1. The van der Waals surface area contributed by atoms with Gasteiger partial charge in [-0.3, -0.25) is 4.79 Å². The van der Waals surface area contributed by atoms with Crippen LogP contribution in [0.3, 0.4) is 0 Å². The second kappa shape index (κ2) is 6.33. The van der Waals surface area contributed by atoms with Crippen molar-refractivity contribution in [1.82, 2.24) is 4.90 Å². The van der Waals surface area contributed by atoms with Gasteiger partial charge in [0, 0.05) is 13.1 Å². The number of rotatable bonds is 1.